The van der Waals surface area contributed by atoms with Gasteiger partial charge in [0.2, 0.25) is 5.88 Å². The van der Waals surface area contributed by atoms with Crippen LogP contribution in [0, 0.1) is 0 Å². The number of aromatic nitrogens is 1. The van der Waals surface area contributed by atoms with Crippen LogP contribution in [0.25, 0.3) is 10.9 Å². The van der Waals surface area contributed by atoms with Crippen LogP contribution in [0.1, 0.15) is 0 Å². The first-order valence-corrected chi connectivity index (χ1v) is 10.5. The average Bonchev–Trinajstić information content (AvgIpc) is 2.77. The van der Waals surface area contributed by atoms with Crippen molar-refractivity contribution in [3.05, 3.63) is 59.6 Å². The number of fused-ring (bicyclic) bond motifs is 1. The van der Waals surface area contributed by atoms with E-state index in [1.165, 1.54) is 0 Å². The Hall–Kier alpha value is -2.64. The molecule has 3 aromatic rings. The average molecular weight is 429 g/mol. The summed E-state index contributed by atoms with van der Waals surface area (Å²) in [7, 11) is 1.57. The Morgan fingerprint density at radius 1 is 1.10 bits per heavy atom. The van der Waals surface area contributed by atoms with Crippen LogP contribution in [0.5, 0.6) is 5.88 Å². The molecule has 2 aromatic carbocycles. The molecular formula is C21H21ClN4O2S. The fraction of sp³-hybridized carbons (Fsp3) is 0.238. The molecule has 1 amide bonds. The van der Waals surface area contributed by atoms with Crippen LogP contribution in [-0.2, 0) is 0 Å². The van der Waals surface area contributed by atoms with Crippen molar-refractivity contribution >= 4 is 51.1 Å². The van der Waals surface area contributed by atoms with Crippen molar-refractivity contribution in [3.8, 4) is 5.88 Å². The predicted octanol–water partition coefficient (Wildman–Crippen LogP) is 4.90. The van der Waals surface area contributed by atoms with E-state index < -0.39 is 0 Å². The zero-order valence-corrected chi connectivity index (χ0v) is 17.5. The minimum atomic E-state index is -0.0223. The standard InChI is InChI=1S/C21H21ClN4O2S/c1-28-20-19(13-15-5-2-3-8-18(15)23-20)24-29-21(27)26-11-9-25(10-12-26)17-7-4-6-16(22)14-17/h2-8,13-14,24H,9-12H2,1H3. The summed E-state index contributed by atoms with van der Waals surface area (Å²) in [6, 6.07) is 17.5. The lowest BCUT2D eigenvalue weighted by molar-refractivity contribution is 0.219. The molecule has 29 heavy (non-hydrogen) atoms. The van der Waals surface area contributed by atoms with Gasteiger partial charge in [0.05, 0.1) is 12.6 Å². The summed E-state index contributed by atoms with van der Waals surface area (Å²) in [6.07, 6.45) is 0. The largest absolute Gasteiger partial charge is 0.479 e. The van der Waals surface area contributed by atoms with Crippen molar-refractivity contribution < 1.29 is 9.53 Å². The molecule has 1 saturated heterocycles. The number of rotatable bonds is 4. The highest BCUT2D eigenvalue weighted by atomic mass is 35.5. The SMILES string of the molecule is COc1nc2ccccc2cc1NSC(=O)N1CCN(c2cccc(Cl)c2)CC1. The summed E-state index contributed by atoms with van der Waals surface area (Å²) in [6.45, 7) is 2.86. The Labute approximate surface area is 178 Å². The van der Waals surface area contributed by atoms with Crippen LogP contribution in [-0.4, -0.2) is 48.4 Å². The van der Waals surface area contributed by atoms with Crippen LogP contribution in [0.15, 0.2) is 54.6 Å². The topological polar surface area (TPSA) is 57.7 Å². The zero-order valence-electron chi connectivity index (χ0n) is 16.0. The summed E-state index contributed by atoms with van der Waals surface area (Å²) in [5.74, 6) is 0.467. The summed E-state index contributed by atoms with van der Waals surface area (Å²) in [5.41, 5.74) is 2.62. The number of hydrogen-bond acceptors (Lipinski definition) is 6. The van der Waals surface area contributed by atoms with Gasteiger partial charge in [0, 0.05) is 54.2 Å². The fourth-order valence-corrected chi connectivity index (χ4v) is 4.15. The highest BCUT2D eigenvalue weighted by Gasteiger charge is 2.22. The molecule has 8 heteroatoms. The van der Waals surface area contributed by atoms with E-state index in [1.807, 2.05) is 59.5 Å². The minimum absolute atomic E-state index is 0.0223. The van der Waals surface area contributed by atoms with Crippen LogP contribution >= 0.6 is 23.5 Å². The molecule has 6 nitrogen and oxygen atoms in total. The Balaban J connectivity index is 1.36. The van der Waals surface area contributed by atoms with E-state index in [9.17, 15) is 4.79 Å². The lowest BCUT2D eigenvalue weighted by atomic mass is 10.2. The minimum Gasteiger partial charge on any atom is -0.479 e. The number of benzene rings is 2. The number of carbonyl (C=O) groups excluding carboxylic acids is 1. The molecule has 0 unspecified atom stereocenters. The van der Waals surface area contributed by atoms with Gasteiger partial charge < -0.3 is 19.3 Å². The quantitative estimate of drug-likeness (QED) is 0.596. The van der Waals surface area contributed by atoms with Gasteiger partial charge in [-0.2, -0.15) is 0 Å². The van der Waals surface area contributed by atoms with Crippen molar-refractivity contribution in [1.82, 2.24) is 9.88 Å². The van der Waals surface area contributed by atoms with Gasteiger partial charge in [-0.1, -0.05) is 35.9 Å². The monoisotopic (exact) mass is 428 g/mol. The normalized spacial score (nSPS) is 14.1. The van der Waals surface area contributed by atoms with Gasteiger partial charge in [-0.15, -0.1) is 0 Å². The molecule has 1 aliphatic heterocycles. The number of nitrogens with zero attached hydrogens (tertiary/aromatic N) is 3. The predicted molar refractivity (Wildman–Crippen MR) is 120 cm³/mol. The summed E-state index contributed by atoms with van der Waals surface area (Å²) < 4.78 is 8.49. The van der Waals surface area contributed by atoms with Gasteiger partial charge >= 0.3 is 5.24 Å². The molecule has 1 N–H and O–H groups in total. The molecule has 1 aliphatic rings. The van der Waals surface area contributed by atoms with Crippen LogP contribution in [0.4, 0.5) is 16.2 Å². The highest BCUT2D eigenvalue weighted by molar-refractivity contribution is 8.14. The van der Waals surface area contributed by atoms with E-state index in [-0.39, 0.29) is 5.24 Å². The van der Waals surface area contributed by atoms with E-state index in [0.29, 0.717) is 24.7 Å². The number of pyridine rings is 1. The lowest BCUT2D eigenvalue weighted by Crippen LogP contribution is -2.47. The summed E-state index contributed by atoms with van der Waals surface area (Å²) in [5, 5.41) is 1.68. The van der Waals surface area contributed by atoms with Crippen molar-refractivity contribution in [2.24, 2.45) is 0 Å². The zero-order chi connectivity index (χ0) is 20.2. The summed E-state index contributed by atoms with van der Waals surface area (Å²) in [4.78, 5) is 21.2. The molecule has 4 rings (SSSR count). The maximum atomic E-state index is 12.7. The number of para-hydroxylation sites is 1. The molecule has 150 valence electrons. The van der Waals surface area contributed by atoms with Crippen molar-refractivity contribution in [1.29, 1.82) is 0 Å². The molecule has 1 fully saturated rings. The maximum absolute atomic E-state index is 12.7. The molecule has 1 aromatic heterocycles. The van der Waals surface area contributed by atoms with Gasteiger partial charge in [-0.05, 0) is 30.3 Å². The summed E-state index contributed by atoms with van der Waals surface area (Å²) >= 11 is 7.14. The van der Waals surface area contributed by atoms with Crippen molar-refractivity contribution in [2.75, 3.05) is 42.9 Å². The molecule has 0 atom stereocenters. The second-order valence-corrected chi connectivity index (χ2v) is 7.86. The third kappa shape index (κ3) is 4.52. The molecular weight excluding hydrogens is 408 g/mol. The number of anilines is 2. The van der Waals surface area contributed by atoms with E-state index in [2.05, 4.69) is 14.6 Å². The van der Waals surface area contributed by atoms with Crippen LogP contribution in [0.3, 0.4) is 0 Å². The number of carbonyl (C=O) groups is 1. The number of halogens is 1. The Kier molecular flexibility index (Phi) is 5.97. The Morgan fingerprint density at radius 3 is 2.66 bits per heavy atom. The lowest BCUT2D eigenvalue weighted by Gasteiger charge is -2.35. The second-order valence-electron chi connectivity index (χ2n) is 6.66. The highest BCUT2D eigenvalue weighted by Crippen LogP contribution is 2.29. The Bertz CT molecular complexity index is 1020. The smallest absolute Gasteiger partial charge is 0.302 e. The number of ether oxygens (including phenoxy) is 1. The van der Waals surface area contributed by atoms with Gasteiger partial charge in [-0.3, -0.25) is 4.79 Å². The van der Waals surface area contributed by atoms with Crippen LogP contribution < -0.4 is 14.4 Å². The van der Waals surface area contributed by atoms with Gasteiger partial charge in [0.1, 0.15) is 5.69 Å². The van der Waals surface area contributed by atoms with Gasteiger partial charge in [-0.25, -0.2) is 4.98 Å². The Morgan fingerprint density at radius 2 is 1.90 bits per heavy atom. The molecule has 0 radical (unpaired) electrons. The van der Waals surface area contributed by atoms with Crippen LogP contribution in [0.2, 0.25) is 5.02 Å². The van der Waals surface area contributed by atoms with E-state index in [4.69, 9.17) is 16.3 Å². The molecule has 0 saturated carbocycles. The maximum Gasteiger partial charge on any atom is 0.302 e. The first-order chi connectivity index (χ1) is 14.1. The number of piperazine rings is 1. The molecule has 2 heterocycles. The molecule has 0 spiro atoms. The first-order valence-electron chi connectivity index (χ1n) is 9.30. The van der Waals surface area contributed by atoms with E-state index in [1.54, 1.807) is 7.11 Å². The number of nitrogens with one attached hydrogen (secondary N) is 1. The van der Waals surface area contributed by atoms with Crippen molar-refractivity contribution in [2.45, 2.75) is 0 Å². The fourth-order valence-electron chi connectivity index (χ4n) is 3.31. The second kappa shape index (κ2) is 8.80. The number of hydrogen-bond donors (Lipinski definition) is 1. The molecule has 0 bridgehead atoms. The van der Waals surface area contributed by atoms with E-state index >= 15 is 0 Å². The van der Waals surface area contributed by atoms with Gasteiger partial charge in [0.25, 0.3) is 0 Å². The van der Waals surface area contributed by atoms with Crippen molar-refractivity contribution in [3.63, 3.8) is 0 Å². The first kappa shape index (κ1) is 19.7. The van der Waals surface area contributed by atoms with Gasteiger partial charge in [0.15, 0.2) is 0 Å². The number of amides is 1. The number of methoxy groups -OCH3 is 1. The third-order valence-electron chi connectivity index (χ3n) is 4.84. The van der Waals surface area contributed by atoms with E-state index in [0.717, 1.165) is 46.7 Å². The third-order valence-corrected chi connectivity index (χ3v) is 5.83. The molecule has 0 aliphatic carbocycles.